The van der Waals surface area contributed by atoms with Gasteiger partial charge in [-0.2, -0.15) is 10.2 Å². The maximum Gasteiger partial charge on any atom is 0.261 e. The summed E-state index contributed by atoms with van der Waals surface area (Å²) in [6, 6.07) is 39.1. The first kappa shape index (κ1) is 33.0. The van der Waals surface area contributed by atoms with Gasteiger partial charge in [-0.1, -0.05) is 108 Å². The predicted molar refractivity (Wildman–Crippen MR) is 184 cm³/mol. The van der Waals surface area contributed by atoms with Crippen LogP contribution in [-0.4, -0.2) is 28.0 Å². The summed E-state index contributed by atoms with van der Waals surface area (Å²) in [5.41, 5.74) is 13.4. The summed E-state index contributed by atoms with van der Waals surface area (Å²) in [6.07, 6.45) is 0. The van der Waals surface area contributed by atoms with Crippen LogP contribution in [-0.2, 0) is 29.7 Å². The van der Waals surface area contributed by atoms with Gasteiger partial charge in [0, 0.05) is 54.6 Å². The number of benzene rings is 4. The highest BCUT2D eigenvalue weighted by Gasteiger charge is 2.08. The second-order valence-electron chi connectivity index (χ2n) is 10.4. The van der Waals surface area contributed by atoms with Crippen LogP contribution in [0.1, 0.15) is 16.7 Å². The Morgan fingerprint density at radius 3 is 1.62 bits per heavy atom. The van der Waals surface area contributed by atoms with Gasteiger partial charge in [-0.25, -0.2) is 8.42 Å². The lowest BCUT2D eigenvalue weighted by molar-refractivity contribution is 0.609. The van der Waals surface area contributed by atoms with Crippen molar-refractivity contribution >= 4 is 31.4 Å². The van der Waals surface area contributed by atoms with Gasteiger partial charge in [-0.15, -0.1) is 0 Å². The molecule has 0 aliphatic carbocycles. The zero-order valence-corrected chi connectivity index (χ0v) is 27.3. The van der Waals surface area contributed by atoms with Crippen molar-refractivity contribution in [1.82, 2.24) is 19.6 Å². The van der Waals surface area contributed by atoms with E-state index in [2.05, 4.69) is 64.9 Å². The second kappa shape index (κ2) is 15.2. The van der Waals surface area contributed by atoms with Crippen LogP contribution in [0.3, 0.4) is 0 Å². The Hall–Kier alpha value is -4.86. The molecule has 45 heavy (non-hydrogen) atoms. The number of halogens is 1. The summed E-state index contributed by atoms with van der Waals surface area (Å²) in [7, 11) is 5.33. The second-order valence-corrected chi connectivity index (χ2v) is 13.0. The Bertz CT molecular complexity index is 1880. The number of nitrogens with zero attached hydrogens (tertiary/aromatic N) is 4. The van der Waals surface area contributed by atoms with Gasteiger partial charge in [0.2, 0.25) is 0 Å². The predicted octanol–water partition coefficient (Wildman–Crippen LogP) is 7.60. The average Bonchev–Trinajstić information content (AvgIpc) is 3.58. The molecule has 0 spiro atoms. The molecule has 0 bridgehead atoms. The zero-order valence-electron chi connectivity index (χ0n) is 25.7. The van der Waals surface area contributed by atoms with Crippen molar-refractivity contribution in [2.45, 2.75) is 25.3 Å². The Kier molecular flexibility index (Phi) is 11.2. The van der Waals surface area contributed by atoms with E-state index in [1.165, 1.54) is 23.3 Å². The highest BCUT2D eigenvalue weighted by Crippen LogP contribution is 2.22. The maximum absolute atomic E-state index is 10.7. The quantitative estimate of drug-likeness (QED) is 0.182. The summed E-state index contributed by atoms with van der Waals surface area (Å²) < 4.78 is 25.0. The topological polar surface area (TPSA) is 108 Å². The van der Waals surface area contributed by atoms with Gasteiger partial charge in [0.25, 0.3) is 9.05 Å². The lowest BCUT2D eigenvalue weighted by atomic mass is 10.1. The fourth-order valence-electron chi connectivity index (χ4n) is 4.21. The molecule has 232 valence electrons. The van der Waals surface area contributed by atoms with Crippen LogP contribution in [0.25, 0.3) is 22.5 Å². The molecule has 0 aliphatic heterocycles. The minimum Gasteiger partial charge on any atom is -0.384 e. The van der Waals surface area contributed by atoms with Crippen molar-refractivity contribution in [3.05, 3.63) is 138 Å². The standard InChI is InChI=1S/C18H19N3.C10H11N3.C7H7ClO2S/c1-14-8-10-15(11-9-14)13-19-18-12-17(20-21(18)2)16-6-4-3-5-7-16;1-13-10(11)7-9(12-13)8-5-3-2-4-6-8;1-6-2-4-7(5-3-6)11(8,9)10/h3-12,19H,13H2,1-2H3;2-7H,11H2,1H3;2-5H,1H3. The van der Waals surface area contributed by atoms with E-state index in [9.17, 15) is 8.42 Å². The number of hydrogen-bond donors (Lipinski definition) is 2. The minimum absolute atomic E-state index is 0.143. The van der Waals surface area contributed by atoms with Gasteiger partial charge >= 0.3 is 0 Å². The number of rotatable bonds is 6. The highest BCUT2D eigenvalue weighted by molar-refractivity contribution is 8.13. The van der Waals surface area contributed by atoms with Crippen LogP contribution in [0, 0.1) is 13.8 Å². The molecule has 0 unspecified atom stereocenters. The summed E-state index contributed by atoms with van der Waals surface area (Å²) in [4.78, 5) is 0.143. The first-order valence-corrected chi connectivity index (χ1v) is 16.6. The molecule has 8 nitrogen and oxygen atoms in total. The van der Waals surface area contributed by atoms with E-state index in [4.69, 9.17) is 16.4 Å². The zero-order chi connectivity index (χ0) is 32.4. The molecular formula is C35H37ClN6O2S. The number of aromatic nitrogens is 4. The number of hydrogen-bond acceptors (Lipinski definition) is 6. The van der Waals surface area contributed by atoms with Crippen LogP contribution < -0.4 is 11.1 Å². The largest absolute Gasteiger partial charge is 0.384 e. The van der Waals surface area contributed by atoms with Gasteiger partial charge in [0.1, 0.15) is 11.6 Å². The van der Waals surface area contributed by atoms with E-state index < -0.39 is 9.05 Å². The molecule has 0 radical (unpaired) electrons. The van der Waals surface area contributed by atoms with Gasteiger partial charge in [-0.3, -0.25) is 9.36 Å². The Labute approximate surface area is 269 Å². The third-order valence-electron chi connectivity index (χ3n) is 6.83. The Balaban J connectivity index is 0.000000165. The molecule has 2 heterocycles. The Morgan fingerprint density at radius 1 is 0.689 bits per heavy atom. The van der Waals surface area contributed by atoms with Crippen molar-refractivity contribution < 1.29 is 8.42 Å². The molecule has 0 atom stereocenters. The number of anilines is 2. The minimum atomic E-state index is -3.55. The lowest BCUT2D eigenvalue weighted by Crippen LogP contribution is -2.04. The number of nitrogen functional groups attached to an aromatic ring is 1. The maximum atomic E-state index is 10.7. The van der Waals surface area contributed by atoms with Crippen LogP contribution in [0.15, 0.2) is 126 Å². The monoisotopic (exact) mass is 640 g/mol. The number of aryl methyl sites for hydroxylation is 4. The van der Waals surface area contributed by atoms with Crippen molar-refractivity contribution in [3.63, 3.8) is 0 Å². The first-order valence-electron chi connectivity index (χ1n) is 14.2. The lowest BCUT2D eigenvalue weighted by Gasteiger charge is -2.06. The molecule has 10 heteroatoms. The third-order valence-corrected chi connectivity index (χ3v) is 8.20. The van der Waals surface area contributed by atoms with Crippen LogP contribution in [0.5, 0.6) is 0 Å². The molecular weight excluding hydrogens is 604 g/mol. The molecule has 2 aromatic heterocycles. The van der Waals surface area contributed by atoms with Gasteiger partial charge in [-0.05, 0) is 31.5 Å². The molecule has 0 aliphatic rings. The van der Waals surface area contributed by atoms with Crippen LogP contribution >= 0.6 is 10.7 Å². The van der Waals surface area contributed by atoms with Gasteiger partial charge in [0.15, 0.2) is 0 Å². The summed E-state index contributed by atoms with van der Waals surface area (Å²) in [6.45, 7) is 4.78. The number of nitrogens with one attached hydrogen (secondary N) is 1. The average molecular weight is 641 g/mol. The molecule has 0 amide bonds. The highest BCUT2D eigenvalue weighted by atomic mass is 35.7. The first-order chi connectivity index (χ1) is 21.5. The molecule has 0 fully saturated rings. The molecule has 3 N–H and O–H groups in total. The van der Waals surface area contributed by atoms with Crippen molar-refractivity contribution in [2.75, 3.05) is 11.1 Å². The van der Waals surface area contributed by atoms with Gasteiger partial charge in [0.05, 0.1) is 16.3 Å². The fourth-order valence-corrected chi connectivity index (χ4v) is 4.98. The van der Waals surface area contributed by atoms with E-state index in [1.54, 1.807) is 16.8 Å². The van der Waals surface area contributed by atoms with Crippen molar-refractivity contribution in [2.24, 2.45) is 14.1 Å². The van der Waals surface area contributed by atoms with Crippen LogP contribution in [0.4, 0.5) is 11.6 Å². The van der Waals surface area contributed by atoms with E-state index in [0.29, 0.717) is 5.82 Å². The molecule has 6 aromatic rings. The fraction of sp³-hybridized carbons (Fsp3) is 0.143. The summed E-state index contributed by atoms with van der Waals surface area (Å²) in [5, 5.41) is 12.3. The van der Waals surface area contributed by atoms with Crippen molar-refractivity contribution in [3.8, 4) is 22.5 Å². The summed E-state index contributed by atoms with van der Waals surface area (Å²) in [5.74, 6) is 1.70. The van der Waals surface area contributed by atoms with E-state index >= 15 is 0 Å². The SMILES string of the molecule is Cc1ccc(CNc2cc(-c3ccccc3)nn2C)cc1.Cc1ccc(S(=O)(=O)Cl)cc1.Cn1nc(-c2ccccc2)cc1N. The number of nitrogens with two attached hydrogens (primary N) is 1. The smallest absolute Gasteiger partial charge is 0.261 e. The van der Waals surface area contributed by atoms with Gasteiger partial charge < -0.3 is 11.1 Å². The third kappa shape index (κ3) is 9.82. The molecule has 0 saturated carbocycles. The molecule has 6 rings (SSSR count). The Morgan fingerprint density at radius 2 is 1.16 bits per heavy atom. The molecule has 4 aromatic carbocycles. The summed E-state index contributed by atoms with van der Waals surface area (Å²) >= 11 is 0. The van der Waals surface area contributed by atoms with Crippen molar-refractivity contribution in [1.29, 1.82) is 0 Å². The van der Waals surface area contributed by atoms with E-state index in [-0.39, 0.29) is 4.90 Å². The van der Waals surface area contributed by atoms with E-state index in [1.807, 2.05) is 80.3 Å². The normalized spacial score (nSPS) is 10.7. The van der Waals surface area contributed by atoms with Crippen LogP contribution in [0.2, 0.25) is 0 Å². The van der Waals surface area contributed by atoms with E-state index in [0.717, 1.165) is 40.4 Å². The molecule has 0 saturated heterocycles.